The fourth-order valence-corrected chi connectivity index (χ4v) is 3.70. The van der Waals surface area contributed by atoms with Crippen molar-refractivity contribution in [2.45, 2.75) is 25.8 Å². The second-order valence-electron chi connectivity index (χ2n) is 7.61. The van der Waals surface area contributed by atoms with Crippen LogP contribution in [0.1, 0.15) is 23.1 Å². The van der Waals surface area contributed by atoms with Gasteiger partial charge in [-0.1, -0.05) is 36.4 Å². The van der Waals surface area contributed by atoms with Crippen LogP contribution in [0.3, 0.4) is 0 Å². The van der Waals surface area contributed by atoms with Crippen LogP contribution in [-0.4, -0.2) is 33.8 Å². The van der Waals surface area contributed by atoms with E-state index in [9.17, 15) is 4.79 Å². The number of nitrogens with two attached hydrogens (primary N) is 1. The molecule has 1 atom stereocenters. The molecule has 6 nitrogen and oxygen atoms in total. The van der Waals surface area contributed by atoms with Crippen LogP contribution in [0.4, 0.5) is 10.5 Å². The number of amides is 2. The SMILES string of the molecule is Cc1ccc(-n2cc(C)cn2)c(NC(=O)N2CCC(N)(c3ccccc3)C2)c1. The van der Waals surface area contributed by atoms with Crippen molar-refractivity contribution in [2.75, 3.05) is 18.4 Å². The molecule has 28 heavy (non-hydrogen) atoms. The number of hydrogen-bond donors (Lipinski definition) is 2. The summed E-state index contributed by atoms with van der Waals surface area (Å²) in [5.41, 5.74) is 10.9. The maximum absolute atomic E-state index is 13.0. The minimum atomic E-state index is -0.507. The first-order valence-corrected chi connectivity index (χ1v) is 9.47. The fraction of sp³-hybridized carbons (Fsp3) is 0.273. The molecule has 4 rings (SSSR count). The third-order valence-corrected chi connectivity index (χ3v) is 5.29. The molecule has 1 aliphatic heterocycles. The third kappa shape index (κ3) is 3.51. The van der Waals surface area contributed by atoms with E-state index in [0.717, 1.165) is 34.5 Å². The molecule has 0 aliphatic carbocycles. The van der Waals surface area contributed by atoms with Crippen LogP contribution < -0.4 is 11.1 Å². The molecule has 3 N–H and O–H groups in total. The molecule has 1 saturated heterocycles. The van der Waals surface area contributed by atoms with Crippen molar-refractivity contribution in [3.05, 3.63) is 77.6 Å². The molecule has 1 aliphatic rings. The van der Waals surface area contributed by atoms with Gasteiger partial charge in [0.15, 0.2) is 0 Å². The number of benzene rings is 2. The standard InChI is InChI=1S/C22H25N5O/c1-16-8-9-20(27-14-17(2)13-24-27)19(12-16)25-21(28)26-11-10-22(23,15-26)18-6-4-3-5-7-18/h3-9,12-14H,10-11,15,23H2,1-2H3,(H,25,28). The van der Waals surface area contributed by atoms with Crippen LogP contribution in [-0.2, 0) is 5.54 Å². The molecule has 2 aromatic carbocycles. The maximum Gasteiger partial charge on any atom is 0.321 e. The molecule has 6 heteroatoms. The number of carbonyl (C=O) groups is 1. The summed E-state index contributed by atoms with van der Waals surface area (Å²) < 4.78 is 1.78. The van der Waals surface area contributed by atoms with Crippen LogP contribution >= 0.6 is 0 Å². The summed E-state index contributed by atoms with van der Waals surface area (Å²) in [6.07, 6.45) is 4.48. The van der Waals surface area contributed by atoms with Crippen molar-refractivity contribution in [1.82, 2.24) is 14.7 Å². The van der Waals surface area contributed by atoms with Gasteiger partial charge in [0.25, 0.3) is 0 Å². The summed E-state index contributed by atoms with van der Waals surface area (Å²) in [5.74, 6) is 0. The molecule has 0 spiro atoms. The van der Waals surface area contributed by atoms with Crippen molar-refractivity contribution in [3.8, 4) is 5.69 Å². The lowest BCUT2D eigenvalue weighted by Crippen LogP contribution is -2.42. The van der Waals surface area contributed by atoms with E-state index < -0.39 is 5.54 Å². The van der Waals surface area contributed by atoms with Gasteiger partial charge < -0.3 is 16.0 Å². The lowest BCUT2D eigenvalue weighted by Gasteiger charge is -2.25. The molecular formula is C22H25N5O. The van der Waals surface area contributed by atoms with E-state index >= 15 is 0 Å². The number of likely N-dealkylation sites (tertiary alicyclic amines) is 1. The van der Waals surface area contributed by atoms with Gasteiger partial charge in [0.1, 0.15) is 0 Å². The molecule has 0 saturated carbocycles. The Bertz CT molecular complexity index is 997. The normalized spacial score (nSPS) is 19.0. The highest BCUT2D eigenvalue weighted by atomic mass is 16.2. The number of aromatic nitrogens is 2. The molecule has 2 heterocycles. The highest BCUT2D eigenvalue weighted by molar-refractivity contribution is 5.92. The quantitative estimate of drug-likeness (QED) is 0.735. The minimum absolute atomic E-state index is 0.140. The van der Waals surface area contributed by atoms with E-state index in [-0.39, 0.29) is 6.03 Å². The second kappa shape index (κ2) is 7.13. The zero-order chi connectivity index (χ0) is 19.7. The zero-order valence-electron chi connectivity index (χ0n) is 16.2. The Morgan fingerprint density at radius 3 is 2.64 bits per heavy atom. The van der Waals surface area contributed by atoms with Gasteiger partial charge in [-0.15, -0.1) is 0 Å². The summed E-state index contributed by atoms with van der Waals surface area (Å²) in [6.45, 7) is 5.11. The van der Waals surface area contributed by atoms with Crippen molar-refractivity contribution >= 4 is 11.7 Å². The molecular weight excluding hydrogens is 350 g/mol. The molecule has 2 amide bonds. The lowest BCUT2D eigenvalue weighted by atomic mass is 9.90. The van der Waals surface area contributed by atoms with Gasteiger partial charge in [-0.3, -0.25) is 0 Å². The van der Waals surface area contributed by atoms with Crippen LogP contribution in [0, 0.1) is 13.8 Å². The van der Waals surface area contributed by atoms with Gasteiger partial charge in [0.05, 0.1) is 23.1 Å². The van der Waals surface area contributed by atoms with Crippen molar-refractivity contribution < 1.29 is 4.79 Å². The fourth-order valence-electron chi connectivity index (χ4n) is 3.70. The Kier molecular flexibility index (Phi) is 4.65. The Balaban J connectivity index is 1.54. The minimum Gasteiger partial charge on any atom is -0.322 e. The second-order valence-corrected chi connectivity index (χ2v) is 7.61. The summed E-state index contributed by atoms with van der Waals surface area (Å²) in [6, 6.07) is 15.8. The van der Waals surface area contributed by atoms with E-state index in [0.29, 0.717) is 13.1 Å². The molecule has 3 aromatic rings. The Labute approximate surface area is 165 Å². The van der Waals surface area contributed by atoms with E-state index in [4.69, 9.17) is 5.73 Å². The van der Waals surface area contributed by atoms with Crippen LogP contribution in [0.15, 0.2) is 60.9 Å². The monoisotopic (exact) mass is 375 g/mol. The number of nitrogens with one attached hydrogen (secondary N) is 1. The highest BCUT2D eigenvalue weighted by Crippen LogP contribution is 2.30. The van der Waals surface area contributed by atoms with Crippen molar-refractivity contribution in [2.24, 2.45) is 5.73 Å². The average molecular weight is 375 g/mol. The summed E-state index contributed by atoms with van der Waals surface area (Å²) >= 11 is 0. The van der Waals surface area contributed by atoms with Crippen LogP contribution in [0.25, 0.3) is 5.69 Å². The first-order valence-electron chi connectivity index (χ1n) is 9.47. The smallest absolute Gasteiger partial charge is 0.321 e. The molecule has 0 radical (unpaired) electrons. The number of anilines is 1. The largest absolute Gasteiger partial charge is 0.322 e. The Morgan fingerprint density at radius 1 is 1.14 bits per heavy atom. The Hall–Kier alpha value is -3.12. The predicted molar refractivity (Wildman–Crippen MR) is 111 cm³/mol. The van der Waals surface area contributed by atoms with Crippen molar-refractivity contribution in [3.63, 3.8) is 0 Å². The Morgan fingerprint density at radius 2 is 1.93 bits per heavy atom. The van der Waals surface area contributed by atoms with Gasteiger partial charge in [0.2, 0.25) is 0 Å². The van der Waals surface area contributed by atoms with Crippen LogP contribution in [0.5, 0.6) is 0 Å². The summed E-state index contributed by atoms with van der Waals surface area (Å²) in [4.78, 5) is 14.7. The zero-order valence-corrected chi connectivity index (χ0v) is 16.2. The van der Waals surface area contributed by atoms with E-state index in [1.165, 1.54) is 0 Å². The molecule has 1 fully saturated rings. The average Bonchev–Trinajstić information content (AvgIpc) is 3.30. The molecule has 0 bridgehead atoms. The summed E-state index contributed by atoms with van der Waals surface area (Å²) in [5, 5.41) is 7.44. The topological polar surface area (TPSA) is 76.2 Å². The number of aryl methyl sites for hydroxylation is 2. The highest BCUT2D eigenvalue weighted by Gasteiger charge is 2.38. The van der Waals surface area contributed by atoms with Crippen LogP contribution in [0.2, 0.25) is 0 Å². The number of urea groups is 1. The van der Waals surface area contributed by atoms with E-state index in [1.54, 1.807) is 15.8 Å². The van der Waals surface area contributed by atoms with Gasteiger partial charge >= 0.3 is 6.03 Å². The maximum atomic E-state index is 13.0. The number of carbonyl (C=O) groups excluding carboxylic acids is 1. The van der Waals surface area contributed by atoms with Gasteiger partial charge in [0, 0.05) is 19.3 Å². The molecule has 144 valence electrons. The third-order valence-electron chi connectivity index (χ3n) is 5.29. The summed E-state index contributed by atoms with van der Waals surface area (Å²) in [7, 11) is 0. The number of hydrogen-bond acceptors (Lipinski definition) is 3. The van der Waals surface area contributed by atoms with E-state index in [2.05, 4.69) is 10.4 Å². The molecule has 1 unspecified atom stereocenters. The molecule has 1 aromatic heterocycles. The van der Waals surface area contributed by atoms with Crippen molar-refractivity contribution in [1.29, 1.82) is 0 Å². The van der Waals surface area contributed by atoms with Gasteiger partial charge in [-0.05, 0) is 49.1 Å². The number of nitrogens with zero attached hydrogens (tertiary/aromatic N) is 3. The predicted octanol–water partition coefficient (Wildman–Crippen LogP) is 3.58. The first-order chi connectivity index (χ1) is 13.4. The van der Waals surface area contributed by atoms with Gasteiger partial charge in [-0.25, -0.2) is 9.48 Å². The van der Waals surface area contributed by atoms with Gasteiger partial charge in [-0.2, -0.15) is 5.10 Å². The van der Waals surface area contributed by atoms with E-state index in [1.807, 2.05) is 68.6 Å². The number of rotatable bonds is 3. The lowest BCUT2D eigenvalue weighted by molar-refractivity contribution is 0.219. The first kappa shape index (κ1) is 18.3.